The van der Waals surface area contributed by atoms with Gasteiger partial charge in [-0.25, -0.2) is 4.98 Å². The molecular formula is C19H25N3. The van der Waals surface area contributed by atoms with Gasteiger partial charge in [-0.05, 0) is 57.2 Å². The van der Waals surface area contributed by atoms with Crippen LogP contribution < -0.4 is 0 Å². The minimum atomic E-state index is 0.637. The Labute approximate surface area is 132 Å². The molecule has 1 aromatic heterocycles. The van der Waals surface area contributed by atoms with E-state index in [0.29, 0.717) is 5.92 Å². The standard InChI is InChI=1S/C19H25N3/c1-2-6-15(7-3-1)14-22-12-10-16(11-13-22)19-20-17-8-4-5-9-18(17)21-19/h1-3,6-7,16H,4-5,8-14H2,(H,20,21). The zero-order valence-corrected chi connectivity index (χ0v) is 13.2. The number of likely N-dealkylation sites (tertiary alicyclic amines) is 1. The number of aryl methyl sites for hydroxylation is 2. The zero-order chi connectivity index (χ0) is 14.8. The van der Waals surface area contributed by atoms with Crippen molar-refractivity contribution >= 4 is 0 Å². The molecule has 1 N–H and O–H groups in total. The maximum atomic E-state index is 4.91. The van der Waals surface area contributed by atoms with Gasteiger partial charge >= 0.3 is 0 Å². The summed E-state index contributed by atoms with van der Waals surface area (Å²) in [7, 11) is 0. The zero-order valence-electron chi connectivity index (χ0n) is 13.2. The van der Waals surface area contributed by atoms with Gasteiger partial charge < -0.3 is 4.98 Å². The summed E-state index contributed by atoms with van der Waals surface area (Å²) in [5, 5.41) is 0. The first-order valence-corrected chi connectivity index (χ1v) is 8.72. The van der Waals surface area contributed by atoms with Crippen LogP contribution in [0.4, 0.5) is 0 Å². The summed E-state index contributed by atoms with van der Waals surface area (Å²) >= 11 is 0. The molecule has 22 heavy (non-hydrogen) atoms. The summed E-state index contributed by atoms with van der Waals surface area (Å²) in [5.74, 6) is 1.91. The molecule has 116 valence electrons. The van der Waals surface area contributed by atoms with Crippen molar-refractivity contribution in [2.75, 3.05) is 13.1 Å². The molecule has 3 heteroatoms. The summed E-state index contributed by atoms with van der Waals surface area (Å²) in [6, 6.07) is 10.8. The van der Waals surface area contributed by atoms with E-state index in [1.807, 2.05) is 0 Å². The van der Waals surface area contributed by atoms with E-state index >= 15 is 0 Å². The predicted molar refractivity (Wildman–Crippen MR) is 88.9 cm³/mol. The fraction of sp³-hybridized carbons (Fsp3) is 0.526. The Bertz CT molecular complexity index is 585. The first-order chi connectivity index (χ1) is 10.9. The number of nitrogens with one attached hydrogen (secondary N) is 1. The highest BCUT2D eigenvalue weighted by molar-refractivity contribution is 5.20. The molecule has 0 unspecified atom stereocenters. The van der Waals surface area contributed by atoms with Crippen LogP contribution >= 0.6 is 0 Å². The maximum absolute atomic E-state index is 4.91. The molecule has 2 aliphatic rings. The first-order valence-electron chi connectivity index (χ1n) is 8.72. The van der Waals surface area contributed by atoms with Gasteiger partial charge in [-0.1, -0.05) is 30.3 Å². The molecule has 0 bridgehead atoms. The fourth-order valence-electron chi connectivity index (χ4n) is 3.87. The second-order valence-corrected chi connectivity index (χ2v) is 6.79. The van der Waals surface area contributed by atoms with Gasteiger partial charge in [-0.2, -0.15) is 0 Å². The van der Waals surface area contributed by atoms with Gasteiger partial charge in [0.05, 0.1) is 5.69 Å². The van der Waals surface area contributed by atoms with Gasteiger partial charge in [0.15, 0.2) is 0 Å². The molecule has 4 rings (SSSR count). The highest BCUT2D eigenvalue weighted by Crippen LogP contribution is 2.29. The molecule has 1 aliphatic heterocycles. The fourth-order valence-corrected chi connectivity index (χ4v) is 3.87. The quantitative estimate of drug-likeness (QED) is 0.937. The number of rotatable bonds is 3. The Hall–Kier alpha value is -1.61. The number of piperidine rings is 1. The normalized spacial score (nSPS) is 20.0. The smallest absolute Gasteiger partial charge is 0.109 e. The number of nitrogens with zero attached hydrogens (tertiary/aromatic N) is 2. The summed E-state index contributed by atoms with van der Waals surface area (Å²) < 4.78 is 0. The number of hydrogen-bond donors (Lipinski definition) is 1. The van der Waals surface area contributed by atoms with Crippen molar-refractivity contribution in [2.45, 2.75) is 51.0 Å². The largest absolute Gasteiger partial charge is 0.345 e. The Kier molecular flexibility index (Phi) is 3.98. The lowest BCUT2D eigenvalue weighted by Crippen LogP contribution is -2.32. The second-order valence-electron chi connectivity index (χ2n) is 6.79. The molecule has 0 atom stereocenters. The summed E-state index contributed by atoms with van der Waals surface area (Å²) in [6.45, 7) is 3.46. The van der Waals surface area contributed by atoms with E-state index in [1.165, 1.54) is 74.4 Å². The van der Waals surface area contributed by atoms with Crippen LogP contribution in [-0.4, -0.2) is 28.0 Å². The van der Waals surface area contributed by atoms with E-state index in [-0.39, 0.29) is 0 Å². The number of aromatic amines is 1. The van der Waals surface area contributed by atoms with Gasteiger partial charge in [0.2, 0.25) is 0 Å². The molecule has 2 aromatic rings. The van der Waals surface area contributed by atoms with Crippen LogP contribution in [0.1, 0.15) is 54.4 Å². The van der Waals surface area contributed by atoms with E-state index in [9.17, 15) is 0 Å². The predicted octanol–water partition coefficient (Wildman–Crippen LogP) is 3.67. The molecule has 1 aliphatic carbocycles. The lowest BCUT2D eigenvalue weighted by molar-refractivity contribution is 0.202. The SMILES string of the molecule is c1ccc(CN2CCC(c3nc4c([nH]3)CCCC4)CC2)cc1. The molecule has 2 heterocycles. The average Bonchev–Trinajstić information content (AvgIpc) is 3.00. The van der Waals surface area contributed by atoms with Crippen LogP contribution in [0.25, 0.3) is 0 Å². The van der Waals surface area contributed by atoms with Crippen LogP contribution in [0.15, 0.2) is 30.3 Å². The van der Waals surface area contributed by atoms with Gasteiger partial charge in [0.1, 0.15) is 5.82 Å². The van der Waals surface area contributed by atoms with E-state index in [4.69, 9.17) is 4.98 Å². The van der Waals surface area contributed by atoms with Gasteiger partial charge in [-0.3, -0.25) is 4.90 Å². The maximum Gasteiger partial charge on any atom is 0.109 e. The second kappa shape index (κ2) is 6.25. The van der Waals surface area contributed by atoms with Crippen molar-refractivity contribution in [3.63, 3.8) is 0 Å². The Morgan fingerprint density at radius 2 is 1.82 bits per heavy atom. The molecular weight excluding hydrogens is 270 g/mol. The molecule has 3 nitrogen and oxygen atoms in total. The van der Waals surface area contributed by atoms with Crippen molar-refractivity contribution in [2.24, 2.45) is 0 Å². The molecule has 1 saturated heterocycles. The van der Waals surface area contributed by atoms with Crippen LogP contribution in [0, 0.1) is 0 Å². The third-order valence-corrected chi connectivity index (χ3v) is 5.20. The minimum Gasteiger partial charge on any atom is -0.345 e. The third-order valence-electron chi connectivity index (χ3n) is 5.20. The molecule has 0 saturated carbocycles. The Morgan fingerprint density at radius 3 is 2.59 bits per heavy atom. The molecule has 0 amide bonds. The number of H-pyrrole nitrogens is 1. The van der Waals surface area contributed by atoms with Gasteiger partial charge in [-0.15, -0.1) is 0 Å². The molecule has 1 aromatic carbocycles. The van der Waals surface area contributed by atoms with Crippen LogP contribution in [0.2, 0.25) is 0 Å². The Balaban J connectivity index is 1.36. The lowest BCUT2D eigenvalue weighted by atomic mass is 9.96. The van der Waals surface area contributed by atoms with E-state index in [1.54, 1.807) is 0 Å². The van der Waals surface area contributed by atoms with Crippen molar-refractivity contribution in [1.29, 1.82) is 0 Å². The van der Waals surface area contributed by atoms with Crippen LogP contribution in [-0.2, 0) is 19.4 Å². The van der Waals surface area contributed by atoms with Crippen LogP contribution in [0.5, 0.6) is 0 Å². The van der Waals surface area contributed by atoms with Crippen molar-refractivity contribution < 1.29 is 0 Å². The van der Waals surface area contributed by atoms with E-state index in [0.717, 1.165) is 6.54 Å². The third kappa shape index (κ3) is 2.95. The molecule has 0 spiro atoms. The number of aromatic nitrogens is 2. The highest BCUT2D eigenvalue weighted by Gasteiger charge is 2.24. The van der Waals surface area contributed by atoms with Gasteiger partial charge in [0, 0.05) is 18.2 Å². The minimum absolute atomic E-state index is 0.637. The summed E-state index contributed by atoms with van der Waals surface area (Å²) in [6.07, 6.45) is 7.49. The monoisotopic (exact) mass is 295 g/mol. The number of fused-ring (bicyclic) bond motifs is 1. The first kappa shape index (κ1) is 14.0. The number of imidazole rings is 1. The van der Waals surface area contributed by atoms with Gasteiger partial charge in [0.25, 0.3) is 0 Å². The van der Waals surface area contributed by atoms with Crippen LogP contribution in [0.3, 0.4) is 0 Å². The Morgan fingerprint density at radius 1 is 1.05 bits per heavy atom. The summed E-state index contributed by atoms with van der Waals surface area (Å²) in [4.78, 5) is 11.1. The average molecular weight is 295 g/mol. The number of hydrogen-bond acceptors (Lipinski definition) is 2. The van der Waals surface area contributed by atoms with Crippen molar-refractivity contribution in [3.05, 3.63) is 53.1 Å². The van der Waals surface area contributed by atoms with E-state index in [2.05, 4.69) is 40.2 Å². The molecule has 0 radical (unpaired) electrons. The van der Waals surface area contributed by atoms with Crippen molar-refractivity contribution in [1.82, 2.24) is 14.9 Å². The lowest BCUT2D eigenvalue weighted by Gasteiger charge is -2.31. The molecule has 1 fully saturated rings. The highest BCUT2D eigenvalue weighted by atomic mass is 15.1. The summed E-state index contributed by atoms with van der Waals surface area (Å²) in [5.41, 5.74) is 4.20. The van der Waals surface area contributed by atoms with Crippen molar-refractivity contribution in [3.8, 4) is 0 Å². The topological polar surface area (TPSA) is 31.9 Å². The van der Waals surface area contributed by atoms with E-state index < -0.39 is 0 Å². The number of benzene rings is 1.